The van der Waals surface area contributed by atoms with Crippen LogP contribution in [0.25, 0.3) is 0 Å². The van der Waals surface area contributed by atoms with E-state index in [1.807, 2.05) is 0 Å². The predicted molar refractivity (Wildman–Crippen MR) is 64.7 cm³/mol. The summed E-state index contributed by atoms with van der Waals surface area (Å²) in [4.78, 5) is 3.55. The highest BCUT2D eigenvalue weighted by molar-refractivity contribution is 7.98. The molecule has 1 aliphatic heterocycles. The van der Waals surface area contributed by atoms with Gasteiger partial charge in [0, 0.05) is 18.0 Å². The molecule has 1 fully saturated rings. The van der Waals surface area contributed by atoms with Crippen LogP contribution in [0, 0.1) is 0 Å². The Bertz CT molecular complexity index is 321. The summed E-state index contributed by atoms with van der Waals surface area (Å²) >= 11 is 8.04. The molecule has 0 atom stereocenters. The van der Waals surface area contributed by atoms with Gasteiger partial charge >= 0.3 is 0 Å². The lowest BCUT2D eigenvalue weighted by molar-refractivity contribution is 0.949. The van der Waals surface area contributed by atoms with E-state index < -0.39 is 0 Å². The molecule has 0 aromatic heterocycles. The molecule has 0 unspecified atom stereocenters. The van der Waals surface area contributed by atoms with Gasteiger partial charge in [-0.25, -0.2) is 0 Å². The van der Waals surface area contributed by atoms with Crippen molar-refractivity contribution in [1.82, 2.24) is 0 Å². The molecule has 2 rings (SSSR count). The Morgan fingerprint density at radius 2 is 2.00 bits per heavy atom. The summed E-state index contributed by atoms with van der Waals surface area (Å²) < 4.78 is 0. The summed E-state index contributed by atoms with van der Waals surface area (Å²) in [5.74, 6) is 0. The molecule has 1 nitrogen and oxygen atoms in total. The zero-order chi connectivity index (χ0) is 9.97. The second-order valence-electron chi connectivity index (χ2n) is 3.49. The Morgan fingerprint density at radius 3 is 2.64 bits per heavy atom. The number of halogens is 1. The maximum Gasteiger partial charge on any atom is 0.0775 e. The third kappa shape index (κ3) is 1.86. The molecule has 0 radical (unpaired) electrons. The average Bonchev–Trinajstić information content (AvgIpc) is 2.71. The van der Waals surface area contributed by atoms with Gasteiger partial charge in [0.15, 0.2) is 0 Å². The molecular formula is C11H14ClNS. The number of anilines is 1. The Hall–Kier alpha value is -0.340. The van der Waals surface area contributed by atoms with Crippen LogP contribution in [0.4, 0.5) is 5.69 Å². The Labute approximate surface area is 94.4 Å². The summed E-state index contributed by atoms with van der Waals surface area (Å²) in [5.41, 5.74) is 1.20. The minimum atomic E-state index is 0.918. The third-order valence-electron chi connectivity index (χ3n) is 2.61. The Balaban J connectivity index is 2.32. The van der Waals surface area contributed by atoms with Gasteiger partial charge in [-0.05, 0) is 31.2 Å². The first-order valence-electron chi connectivity index (χ1n) is 4.90. The van der Waals surface area contributed by atoms with Gasteiger partial charge in [-0.15, -0.1) is 11.8 Å². The molecule has 1 aromatic carbocycles. The molecule has 0 saturated carbocycles. The van der Waals surface area contributed by atoms with Crippen LogP contribution >= 0.6 is 23.4 Å². The molecular weight excluding hydrogens is 214 g/mol. The first-order chi connectivity index (χ1) is 6.83. The molecule has 14 heavy (non-hydrogen) atoms. The van der Waals surface area contributed by atoms with E-state index in [0.29, 0.717) is 0 Å². The standard InChI is InChI=1S/C11H14ClNS/c1-14-10-6-4-5-9(11(10)12)13-7-2-3-8-13/h4-6H,2-3,7-8H2,1H3. The topological polar surface area (TPSA) is 3.24 Å². The van der Waals surface area contributed by atoms with Crippen LogP contribution in [-0.4, -0.2) is 19.3 Å². The smallest absolute Gasteiger partial charge is 0.0775 e. The van der Waals surface area contributed by atoms with E-state index in [1.165, 1.54) is 23.4 Å². The number of benzene rings is 1. The summed E-state index contributed by atoms with van der Waals surface area (Å²) in [6.45, 7) is 2.30. The van der Waals surface area contributed by atoms with Gasteiger partial charge in [0.05, 0.1) is 10.7 Å². The van der Waals surface area contributed by atoms with Crippen LogP contribution in [0.3, 0.4) is 0 Å². The number of hydrogen-bond donors (Lipinski definition) is 0. The zero-order valence-electron chi connectivity index (χ0n) is 8.29. The van der Waals surface area contributed by atoms with Crippen molar-refractivity contribution in [1.29, 1.82) is 0 Å². The highest BCUT2D eigenvalue weighted by atomic mass is 35.5. The quantitative estimate of drug-likeness (QED) is 0.710. The number of hydrogen-bond acceptors (Lipinski definition) is 2. The average molecular weight is 228 g/mol. The fraction of sp³-hybridized carbons (Fsp3) is 0.455. The van der Waals surface area contributed by atoms with Crippen molar-refractivity contribution in [3.8, 4) is 0 Å². The van der Waals surface area contributed by atoms with Crippen molar-refractivity contribution in [3.63, 3.8) is 0 Å². The molecule has 0 bridgehead atoms. The van der Waals surface area contributed by atoms with Gasteiger partial charge < -0.3 is 4.90 Å². The highest BCUT2D eigenvalue weighted by Crippen LogP contribution is 2.35. The van der Waals surface area contributed by atoms with Gasteiger partial charge in [0.1, 0.15) is 0 Å². The molecule has 0 N–H and O–H groups in total. The van der Waals surface area contributed by atoms with Gasteiger partial charge in [0.25, 0.3) is 0 Å². The van der Waals surface area contributed by atoms with Crippen molar-refractivity contribution in [2.24, 2.45) is 0 Å². The van der Waals surface area contributed by atoms with E-state index in [4.69, 9.17) is 11.6 Å². The van der Waals surface area contributed by atoms with E-state index in [9.17, 15) is 0 Å². The maximum absolute atomic E-state index is 6.33. The molecule has 76 valence electrons. The zero-order valence-corrected chi connectivity index (χ0v) is 9.87. The summed E-state index contributed by atoms with van der Waals surface area (Å²) in [6, 6.07) is 6.28. The highest BCUT2D eigenvalue weighted by Gasteiger charge is 2.16. The number of nitrogens with zero attached hydrogens (tertiary/aromatic N) is 1. The molecule has 1 aromatic rings. The molecule has 1 heterocycles. The first-order valence-corrected chi connectivity index (χ1v) is 6.50. The SMILES string of the molecule is CSc1cccc(N2CCCC2)c1Cl. The Kier molecular flexibility index (Phi) is 3.24. The minimum Gasteiger partial charge on any atom is -0.370 e. The predicted octanol–water partition coefficient (Wildman–Crippen LogP) is 3.66. The maximum atomic E-state index is 6.33. The van der Waals surface area contributed by atoms with Crippen molar-refractivity contribution in [3.05, 3.63) is 23.2 Å². The molecule has 1 aliphatic rings. The van der Waals surface area contributed by atoms with Gasteiger partial charge in [-0.1, -0.05) is 17.7 Å². The second-order valence-corrected chi connectivity index (χ2v) is 4.71. The van der Waals surface area contributed by atoms with Crippen LogP contribution in [0.5, 0.6) is 0 Å². The monoisotopic (exact) mass is 227 g/mol. The third-order valence-corrected chi connectivity index (χ3v) is 3.90. The van der Waals surface area contributed by atoms with Crippen molar-refractivity contribution >= 4 is 29.1 Å². The van der Waals surface area contributed by atoms with Crippen LogP contribution in [-0.2, 0) is 0 Å². The van der Waals surface area contributed by atoms with Crippen molar-refractivity contribution < 1.29 is 0 Å². The molecule has 0 spiro atoms. The second kappa shape index (κ2) is 4.45. The van der Waals surface area contributed by atoms with Crippen molar-refractivity contribution in [2.45, 2.75) is 17.7 Å². The van der Waals surface area contributed by atoms with Crippen LogP contribution in [0.1, 0.15) is 12.8 Å². The van der Waals surface area contributed by atoms with E-state index >= 15 is 0 Å². The molecule has 3 heteroatoms. The van der Waals surface area contributed by atoms with Crippen LogP contribution < -0.4 is 4.90 Å². The lowest BCUT2D eigenvalue weighted by Gasteiger charge is -2.20. The van der Waals surface area contributed by atoms with E-state index in [1.54, 1.807) is 11.8 Å². The fourth-order valence-corrected chi connectivity index (χ4v) is 2.83. The normalized spacial score (nSPS) is 16.3. The summed E-state index contributed by atoms with van der Waals surface area (Å²) in [6.07, 6.45) is 4.65. The largest absolute Gasteiger partial charge is 0.370 e. The fourth-order valence-electron chi connectivity index (χ4n) is 1.86. The van der Waals surface area contributed by atoms with E-state index in [-0.39, 0.29) is 0 Å². The lowest BCUT2D eigenvalue weighted by atomic mass is 10.3. The van der Waals surface area contributed by atoms with Gasteiger partial charge in [0.2, 0.25) is 0 Å². The molecule has 0 aliphatic carbocycles. The lowest BCUT2D eigenvalue weighted by Crippen LogP contribution is -2.17. The van der Waals surface area contributed by atoms with Crippen molar-refractivity contribution in [2.75, 3.05) is 24.2 Å². The summed E-state index contributed by atoms with van der Waals surface area (Å²) in [7, 11) is 0. The van der Waals surface area contributed by atoms with E-state index in [2.05, 4.69) is 29.4 Å². The van der Waals surface area contributed by atoms with Gasteiger partial charge in [-0.2, -0.15) is 0 Å². The minimum absolute atomic E-state index is 0.918. The first kappa shape index (κ1) is 10.2. The molecule has 0 amide bonds. The van der Waals surface area contributed by atoms with Crippen LogP contribution in [0.15, 0.2) is 23.1 Å². The molecule has 1 saturated heterocycles. The number of thioether (sulfide) groups is 1. The number of rotatable bonds is 2. The Morgan fingerprint density at radius 1 is 1.29 bits per heavy atom. The van der Waals surface area contributed by atoms with Gasteiger partial charge in [-0.3, -0.25) is 0 Å². The summed E-state index contributed by atoms with van der Waals surface area (Å²) in [5, 5.41) is 0.918. The van der Waals surface area contributed by atoms with E-state index in [0.717, 1.165) is 18.1 Å². The van der Waals surface area contributed by atoms with Crippen LogP contribution in [0.2, 0.25) is 5.02 Å².